The van der Waals surface area contributed by atoms with Crippen LogP contribution in [-0.4, -0.2) is 91.3 Å². The predicted molar refractivity (Wildman–Crippen MR) is 134 cm³/mol. The van der Waals surface area contributed by atoms with Crippen LogP contribution in [0.3, 0.4) is 0 Å². The monoisotopic (exact) mass is 549 g/mol. The zero-order valence-corrected chi connectivity index (χ0v) is 20.9. The number of carbonyl (C=O) groups is 6. The number of benzene rings is 1. The number of amides is 3. The number of aliphatic hydroxyl groups is 1. The first-order valence-electron chi connectivity index (χ1n) is 11.9. The molecule has 10 N–H and O–H groups in total. The average molecular weight is 550 g/mol. The summed E-state index contributed by atoms with van der Waals surface area (Å²) in [5.41, 5.74) is 7.58. The molecule has 0 aliphatic heterocycles. The number of H-pyrrole nitrogens is 1. The van der Waals surface area contributed by atoms with Crippen molar-refractivity contribution in [2.75, 3.05) is 0 Å². The van der Waals surface area contributed by atoms with Crippen LogP contribution in [0.5, 0.6) is 0 Å². The molecule has 3 amide bonds. The number of aromatic amines is 1. The molecule has 0 aliphatic carbocycles. The molecule has 2 rings (SSSR count). The lowest BCUT2D eigenvalue weighted by atomic mass is 10.0. The fraction of sp³-hybridized carbons (Fsp3) is 0.417. The molecular weight excluding hydrogens is 518 g/mol. The lowest BCUT2D eigenvalue weighted by molar-refractivity contribution is -0.146. The van der Waals surface area contributed by atoms with Gasteiger partial charge in [-0.15, -0.1) is 0 Å². The third kappa shape index (κ3) is 9.08. The van der Waals surface area contributed by atoms with Crippen molar-refractivity contribution in [3.63, 3.8) is 0 Å². The highest BCUT2D eigenvalue weighted by atomic mass is 16.4. The lowest BCUT2D eigenvalue weighted by Crippen LogP contribution is -2.58. The van der Waals surface area contributed by atoms with Crippen molar-refractivity contribution in [3.8, 4) is 0 Å². The largest absolute Gasteiger partial charge is 0.481 e. The summed E-state index contributed by atoms with van der Waals surface area (Å²) in [6.45, 7) is 1.08. The predicted octanol–water partition coefficient (Wildman–Crippen LogP) is -1.70. The Hall–Kier alpha value is -4.50. The Labute approximate surface area is 221 Å². The number of aliphatic carboxylic acids is 3. The number of hydrogen-bond donors (Lipinski definition) is 9. The van der Waals surface area contributed by atoms with Crippen LogP contribution in [0.15, 0.2) is 30.5 Å². The molecule has 1 heterocycles. The van der Waals surface area contributed by atoms with Crippen LogP contribution in [0.1, 0.15) is 31.7 Å². The van der Waals surface area contributed by atoms with E-state index < -0.39 is 85.2 Å². The molecule has 0 bridgehead atoms. The van der Waals surface area contributed by atoms with Gasteiger partial charge >= 0.3 is 17.9 Å². The summed E-state index contributed by atoms with van der Waals surface area (Å²) in [7, 11) is 0. The Kier molecular flexibility index (Phi) is 10.9. The normalized spacial score (nSPS) is 14.8. The van der Waals surface area contributed by atoms with Gasteiger partial charge in [-0.25, -0.2) is 4.79 Å². The zero-order chi connectivity index (χ0) is 29.3. The van der Waals surface area contributed by atoms with Crippen LogP contribution in [0.4, 0.5) is 0 Å². The summed E-state index contributed by atoms with van der Waals surface area (Å²) in [5.74, 6) is -7.52. The van der Waals surface area contributed by atoms with Crippen LogP contribution in [0.2, 0.25) is 0 Å². The first kappa shape index (κ1) is 30.7. The Morgan fingerprint density at radius 3 is 2.10 bits per heavy atom. The van der Waals surface area contributed by atoms with Gasteiger partial charge in [-0.05, 0) is 31.4 Å². The highest BCUT2D eigenvalue weighted by Gasteiger charge is 2.33. The number of carboxylic acids is 3. The fourth-order valence-electron chi connectivity index (χ4n) is 3.74. The number of para-hydroxylation sites is 1. The SMILES string of the molecule is C[C@@H](O)[C@H](NC(=O)[C@H](CC(=O)O)NC(=O)[C@H](CCC(=O)O)NC(=O)[C@@H](N)Cc1c[nH]c2ccccc12)C(=O)O. The van der Waals surface area contributed by atoms with Gasteiger partial charge in [0.25, 0.3) is 0 Å². The van der Waals surface area contributed by atoms with Crippen molar-refractivity contribution in [2.24, 2.45) is 5.73 Å². The smallest absolute Gasteiger partial charge is 0.328 e. The molecule has 212 valence electrons. The first-order valence-corrected chi connectivity index (χ1v) is 11.9. The Morgan fingerprint density at radius 1 is 0.897 bits per heavy atom. The van der Waals surface area contributed by atoms with Crippen molar-refractivity contribution in [1.82, 2.24) is 20.9 Å². The van der Waals surface area contributed by atoms with Gasteiger partial charge in [0.1, 0.15) is 12.1 Å². The molecule has 0 saturated carbocycles. The number of fused-ring (bicyclic) bond motifs is 1. The van der Waals surface area contributed by atoms with E-state index >= 15 is 0 Å². The molecule has 39 heavy (non-hydrogen) atoms. The van der Waals surface area contributed by atoms with E-state index in [-0.39, 0.29) is 6.42 Å². The Bertz CT molecular complexity index is 1230. The number of carbonyl (C=O) groups excluding carboxylic acids is 3. The van der Waals surface area contributed by atoms with E-state index in [1.807, 2.05) is 23.5 Å². The number of hydrogen-bond acceptors (Lipinski definition) is 8. The highest BCUT2D eigenvalue weighted by Crippen LogP contribution is 2.19. The van der Waals surface area contributed by atoms with Crippen molar-refractivity contribution in [2.45, 2.75) is 62.9 Å². The second-order valence-electron chi connectivity index (χ2n) is 8.89. The van der Waals surface area contributed by atoms with E-state index in [0.29, 0.717) is 0 Å². The molecular formula is C24H31N5O10. The zero-order valence-electron chi connectivity index (χ0n) is 20.9. The number of rotatable bonds is 15. The molecule has 15 nitrogen and oxygen atoms in total. The third-order valence-electron chi connectivity index (χ3n) is 5.79. The van der Waals surface area contributed by atoms with Crippen LogP contribution >= 0.6 is 0 Å². The minimum atomic E-state index is -1.81. The Morgan fingerprint density at radius 2 is 1.51 bits per heavy atom. The lowest BCUT2D eigenvalue weighted by Gasteiger charge is -2.25. The minimum Gasteiger partial charge on any atom is -0.481 e. The molecule has 1 aromatic carbocycles. The number of aliphatic hydroxyl groups excluding tert-OH is 1. The van der Waals surface area contributed by atoms with Crippen molar-refractivity contribution < 1.29 is 49.2 Å². The van der Waals surface area contributed by atoms with E-state index in [2.05, 4.69) is 15.6 Å². The van der Waals surface area contributed by atoms with Gasteiger partial charge in [0.2, 0.25) is 17.7 Å². The maximum atomic E-state index is 13.0. The van der Waals surface area contributed by atoms with Crippen LogP contribution in [0.25, 0.3) is 10.9 Å². The van der Waals surface area contributed by atoms with Crippen molar-refractivity contribution in [1.29, 1.82) is 0 Å². The second kappa shape index (κ2) is 13.9. The van der Waals surface area contributed by atoms with Gasteiger partial charge < -0.3 is 47.1 Å². The van der Waals surface area contributed by atoms with Crippen molar-refractivity contribution >= 4 is 46.5 Å². The summed E-state index contributed by atoms with van der Waals surface area (Å²) >= 11 is 0. The number of aromatic nitrogens is 1. The maximum absolute atomic E-state index is 13.0. The van der Waals surface area contributed by atoms with Crippen LogP contribution in [0, 0.1) is 0 Å². The third-order valence-corrected chi connectivity index (χ3v) is 5.79. The van der Waals surface area contributed by atoms with E-state index in [9.17, 15) is 33.9 Å². The van der Waals surface area contributed by atoms with Crippen LogP contribution in [-0.2, 0) is 35.2 Å². The molecule has 0 unspecified atom stereocenters. The van der Waals surface area contributed by atoms with Gasteiger partial charge in [-0.3, -0.25) is 24.0 Å². The summed E-state index contributed by atoms with van der Waals surface area (Å²) in [4.78, 5) is 75.1. The summed E-state index contributed by atoms with van der Waals surface area (Å²) in [6, 6.07) is 1.03. The topological polar surface area (TPSA) is 261 Å². The number of nitrogens with two attached hydrogens (primary N) is 1. The molecule has 15 heteroatoms. The van der Waals surface area contributed by atoms with Gasteiger partial charge in [0.05, 0.1) is 18.6 Å². The second-order valence-corrected chi connectivity index (χ2v) is 8.89. The molecule has 1 aromatic heterocycles. The molecule has 0 spiro atoms. The van der Waals surface area contributed by atoms with E-state index in [4.69, 9.17) is 21.1 Å². The fourth-order valence-corrected chi connectivity index (χ4v) is 3.74. The molecule has 0 saturated heterocycles. The molecule has 0 fully saturated rings. The molecule has 5 atom stereocenters. The summed E-state index contributed by atoms with van der Waals surface area (Å²) < 4.78 is 0. The minimum absolute atomic E-state index is 0.0725. The first-order chi connectivity index (χ1) is 18.3. The quantitative estimate of drug-likeness (QED) is 0.121. The van der Waals surface area contributed by atoms with E-state index in [1.54, 1.807) is 12.3 Å². The average Bonchev–Trinajstić information content (AvgIpc) is 3.26. The number of carboxylic acid groups (broad SMARTS) is 3. The highest BCUT2D eigenvalue weighted by molar-refractivity contribution is 5.96. The summed E-state index contributed by atoms with van der Waals surface area (Å²) in [5, 5.41) is 44.2. The van der Waals surface area contributed by atoms with Crippen molar-refractivity contribution in [3.05, 3.63) is 36.0 Å². The van der Waals surface area contributed by atoms with E-state index in [1.165, 1.54) is 0 Å². The standard InChI is InChI=1S/C24H31N5O10/c1-11(30)20(24(38)39)29-23(37)17(9-19(33)34)28-22(36)16(6-7-18(31)32)27-21(35)14(25)8-12-10-26-15-5-3-2-4-13(12)15/h2-5,10-11,14,16-17,20,26,30H,6-9,25H2,1H3,(H,27,35)(H,28,36)(H,29,37)(H,31,32)(H,33,34)(H,38,39)/t11-,14+,16+,17+,20+/m1/s1. The maximum Gasteiger partial charge on any atom is 0.328 e. The van der Waals surface area contributed by atoms with Gasteiger partial charge in [-0.2, -0.15) is 0 Å². The molecule has 0 aliphatic rings. The Balaban J connectivity index is 2.16. The summed E-state index contributed by atoms with van der Waals surface area (Å²) in [6.07, 6.45) is -1.74. The number of nitrogens with one attached hydrogen (secondary N) is 4. The van der Waals surface area contributed by atoms with Gasteiger partial charge in [0, 0.05) is 23.5 Å². The van der Waals surface area contributed by atoms with Gasteiger partial charge in [-0.1, -0.05) is 18.2 Å². The molecule has 2 aromatic rings. The molecule has 0 radical (unpaired) electrons. The van der Waals surface area contributed by atoms with Crippen LogP contribution < -0.4 is 21.7 Å². The van der Waals surface area contributed by atoms with E-state index in [0.717, 1.165) is 23.4 Å². The van der Waals surface area contributed by atoms with Gasteiger partial charge in [0.15, 0.2) is 6.04 Å².